The van der Waals surface area contributed by atoms with Crippen LogP contribution >= 0.6 is 0 Å². The molecule has 0 aromatic rings. The number of Topliss-reactive ketones (excluding diaryl/α,β-unsaturated/α-hetero) is 1. The molecule has 2 aliphatic carbocycles. The lowest BCUT2D eigenvalue weighted by molar-refractivity contribution is -0.122. The average molecular weight is 220 g/mol. The van der Waals surface area contributed by atoms with Crippen LogP contribution in [-0.4, -0.2) is 5.78 Å². The van der Waals surface area contributed by atoms with Crippen molar-refractivity contribution >= 4 is 5.78 Å². The molecule has 16 heavy (non-hydrogen) atoms. The molecule has 0 amide bonds. The molecule has 0 N–H and O–H groups in total. The van der Waals surface area contributed by atoms with Crippen molar-refractivity contribution in [2.75, 3.05) is 0 Å². The first-order valence-corrected chi connectivity index (χ1v) is 6.91. The van der Waals surface area contributed by atoms with Gasteiger partial charge in [0, 0.05) is 5.92 Å². The maximum absolute atomic E-state index is 11.6. The van der Waals surface area contributed by atoms with Gasteiger partial charge >= 0.3 is 0 Å². The molecular weight excluding hydrogens is 196 g/mol. The van der Waals surface area contributed by atoms with Crippen LogP contribution in [0.15, 0.2) is 11.1 Å². The van der Waals surface area contributed by atoms with E-state index >= 15 is 0 Å². The minimum atomic E-state index is 0.318. The van der Waals surface area contributed by atoms with Crippen molar-refractivity contribution in [2.45, 2.75) is 65.2 Å². The lowest BCUT2D eigenvalue weighted by Crippen LogP contribution is -2.26. The summed E-state index contributed by atoms with van der Waals surface area (Å²) in [5.74, 6) is 1.25. The molecular formula is C15H24O. The van der Waals surface area contributed by atoms with Gasteiger partial charge in [-0.05, 0) is 51.4 Å². The molecule has 0 spiro atoms. The van der Waals surface area contributed by atoms with Crippen molar-refractivity contribution in [1.29, 1.82) is 0 Å². The second-order valence-electron chi connectivity index (χ2n) is 5.59. The number of allylic oxidation sites excluding steroid dienone is 2. The van der Waals surface area contributed by atoms with Crippen molar-refractivity contribution in [2.24, 2.45) is 11.8 Å². The summed E-state index contributed by atoms with van der Waals surface area (Å²) in [6, 6.07) is 0. The monoisotopic (exact) mass is 220 g/mol. The summed E-state index contributed by atoms with van der Waals surface area (Å²) in [6.45, 7) is 4.05. The van der Waals surface area contributed by atoms with E-state index in [1.165, 1.54) is 44.9 Å². The Hall–Kier alpha value is -0.590. The number of carbonyl (C=O) groups is 1. The van der Waals surface area contributed by atoms with Crippen molar-refractivity contribution in [3.63, 3.8) is 0 Å². The van der Waals surface area contributed by atoms with Crippen LogP contribution in [0.1, 0.15) is 65.2 Å². The van der Waals surface area contributed by atoms with Crippen LogP contribution in [0.3, 0.4) is 0 Å². The molecule has 2 atom stereocenters. The Morgan fingerprint density at radius 1 is 1.06 bits per heavy atom. The topological polar surface area (TPSA) is 17.1 Å². The molecule has 1 nitrogen and oxygen atoms in total. The standard InChI is InChI=1S/C15H24O/c1-11-14(12(2)16)10-9-13-7-5-3-4-6-8-15(11)13/h11,14H,3-10H2,1-2H3/t11-,14-/m0/s1. The second-order valence-corrected chi connectivity index (χ2v) is 5.59. The lowest BCUT2D eigenvalue weighted by Gasteiger charge is -2.33. The number of hydrogen-bond donors (Lipinski definition) is 0. The molecule has 0 radical (unpaired) electrons. The van der Waals surface area contributed by atoms with E-state index in [1.54, 1.807) is 18.1 Å². The van der Waals surface area contributed by atoms with E-state index < -0.39 is 0 Å². The van der Waals surface area contributed by atoms with Gasteiger partial charge in [-0.25, -0.2) is 0 Å². The van der Waals surface area contributed by atoms with Crippen LogP contribution in [-0.2, 0) is 4.79 Å². The zero-order valence-corrected chi connectivity index (χ0v) is 10.7. The van der Waals surface area contributed by atoms with Crippen LogP contribution in [0.4, 0.5) is 0 Å². The number of ketones is 1. The number of rotatable bonds is 1. The molecule has 1 heteroatoms. The smallest absolute Gasteiger partial charge is 0.133 e. The third kappa shape index (κ3) is 2.39. The summed E-state index contributed by atoms with van der Waals surface area (Å²) in [7, 11) is 0. The zero-order valence-electron chi connectivity index (χ0n) is 10.7. The van der Waals surface area contributed by atoms with Gasteiger partial charge in [0.25, 0.3) is 0 Å². The summed E-state index contributed by atoms with van der Waals surface area (Å²) in [5, 5.41) is 0. The molecule has 0 aromatic heterocycles. The highest BCUT2D eigenvalue weighted by Crippen LogP contribution is 2.40. The highest BCUT2D eigenvalue weighted by atomic mass is 16.1. The van der Waals surface area contributed by atoms with E-state index in [9.17, 15) is 4.79 Å². The van der Waals surface area contributed by atoms with Crippen molar-refractivity contribution in [3.8, 4) is 0 Å². The van der Waals surface area contributed by atoms with Gasteiger partial charge in [-0.2, -0.15) is 0 Å². The Morgan fingerprint density at radius 2 is 1.75 bits per heavy atom. The first-order chi connectivity index (χ1) is 7.70. The fourth-order valence-electron chi connectivity index (χ4n) is 3.56. The minimum absolute atomic E-state index is 0.318. The highest BCUT2D eigenvalue weighted by Gasteiger charge is 2.30. The van der Waals surface area contributed by atoms with Crippen LogP contribution in [0, 0.1) is 11.8 Å². The Morgan fingerprint density at radius 3 is 2.44 bits per heavy atom. The van der Waals surface area contributed by atoms with Gasteiger partial charge in [-0.3, -0.25) is 4.79 Å². The molecule has 0 aliphatic heterocycles. The van der Waals surface area contributed by atoms with Crippen LogP contribution in [0.2, 0.25) is 0 Å². The predicted octanol–water partition coefficient (Wildman–Crippen LogP) is 4.27. The van der Waals surface area contributed by atoms with Gasteiger partial charge in [0.2, 0.25) is 0 Å². The Balaban J connectivity index is 2.19. The van der Waals surface area contributed by atoms with Crippen molar-refractivity contribution in [1.82, 2.24) is 0 Å². The van der Waals surface area contributed by atoms with E-state index in [0.717, 1.165) is 6.42 Å². The molecule has 0 bridgehead atoms. The Bertz CT molecular complexity index is 301. The first kappa shape index (κ1) is 11.9. The molecule has 0 unspecified atom stereocenters. The summed E-state index contributed by atoms with van der Waals surface area (Å²) < 4.78 is 0. The van der Waals surface area contributed by atoms with Crippen molar-refractivity contribution in [3.05, 3.63) is 11.1 Å². The van der Waals surface area contributed by atoms with Gasteiger partial charge in [-0.1, -0.05) is 30.9 Å². The zero-order chi connectivity index (χ0) is 11.5. The second kappa shape index (κ2) is 5.16. The van der Waals surface area contributed by atoms with Crippen LogP contribution < -0.4 is 0 Å². The fraction of sp³-hybridized carbons (Fsp3) is 0.800. The van der Waals surface area contributed by atoms with E-state index in [2.05, 4.69) is 6.92 Å². The minimum Gasteiger partial charge on any atom is -0.300 e. The first-order valence-electron chi connectivity index (χ1n) is 6.91. The highest BCUT2D eigenvalue weighted by molar-refractivity contribution is 5.79. The molecule has 90 valence electrons. The molecule has 2 aliphatic rings. The SMILES string of the molecule is CC(=O)[C@H]1CCC2=C(CCCCCC2)[C@H]1C. The third-order valence-corrected chi connectivity index (χ3v) is 4.56. The van der Waals surface area contributed by atoms with E-state index in [1.807, 2.05) is 0 Å². The van der Waals surface area contributed by atoms with Crippen LogP contribution in [0.25, 0.3) is 0 Å². The molecule has 0 saturated heterocycles. The van der Waals surface area contributed by atoms with E-state index in [4.69, 9.17) is 0 Å². The molecule has 0 saturated carbocycles. The number of carbonyl (C=O) groups excluding carboxylic acids is 1. The largest absolute Gasteiger partial charge is 0.300 e. The maximum atomic E-state index is 11.6. The van der Waals surface area contributed by atoms with Crippen LogP contribution in [0.5, 0.6) is 0 Å². The number of hydrogen-bond acceptors (Lipinski definition) is 1. The summed E-state index contributed by atoms with van der Waals surface area (Å²) in [5.41, 5.74) is 3.37. The summed E-state index contributed by atoms with van der Waals surface area (Å²) >= 11 is 0. The van der Waals surface area contributed by atoms with Gasteiger partial charge in [0.1, 0.15) is 5.78 Å². The summed E-state index contributed by atoms with van der Waals surface area (Å²) in [6.07, 6.45) is 10.4. The van der Waals surface area contributed by atoms with Gasteiger partial charge in [-0.15, -0.1) is 0 Å². The van der Waals surface area contributed by atoms with Gasteiger partial charge < -0.3 is 0 Å². The average Bonchev–Trinajstić information content (AvgIpc) is 2.19. The Labute approximate surface area is 99.3 Å². The molecule has 0 heterocycles. The van der Waals surface area contributed by atoms with E-state index in [-0.39, 0.29) is 0 Å². The van der Waals surface area contributed by atoms with E-state index in [0.29, 0.717) is 17.6 Å². The summed E-state index contributed by atoms with van der Waals surface area (Å²) in [4.78, 5) is 11.6. The fourth-order valence-corrected chi connectivity index (χ4v) is 3.56. The lowest BCUT2D eigenvalue weighted by atomic mass is 9.71. The molecule has 2 rings (SSSR count). The normalized spacial score (nSPS) is 31.6. The van der Waals surface area contributed by atoms with Gasteiger partial charge in [0.05, 0.1) is 0 Å². The molecule has 0 fully saturated rings. The molecule has 0 aromatic carbocycles. The van der Waals surface area contributed by atoms with Gasteiger partial charge in [0.15, 0.2) is 0 Å². The van der Waals surface area contributed by atoms with Crippen molar-refractivity contribution < 1.29 is 4.79 Å². The quantitative estimate of drug-likeness (QED) is 0.603. The third-order valence-electron chi connectivity index (χ3n) is 4.56. The Kier molecular flexibility index (Phi) is 3.83. The maximum Gasteiger partial charge on any atom is 0.133 e. The predicted molar refractivity (Wildman–Crippen MR) is 67.3 cm³/mol.